The monoisotopic (exact) mass is 419 g/mol. The van der Waals surface area contributed by atoms with Crippen molar-refractivity contribution in [3.05, 3.63) is 11.6 Å². The highest BCUT2D eigenvalue weighted by atomic mass is 28.4. The lowest BCUT2D eigenvalue weighted by Gasteiger charge is -2.48. The maximum atomic E-state index is 13.5. The van der Waals surface area contributed by atoms with E-state index in [1.165, 1.54) is 12.5 Å². The van der Waals surface area contributed by atoms with Crippen LogP contribution in [-0.2, 0) is 18.8 Å². The molecule has 1 saturated carbocycles. The summed E-state index contributed by atoms with van der Waals surface area (Å²) in [6.45, 7) is 14.4. The van der Waals surface area contributed by atoms with Crippen LogP contribution in [0.1, 0.15) is 66.7 Å². The summed E-state index contributed by atoms with van der Waals surface area (Å²) in [5, 5.41) is 2.91. The highest BCUT2D eigenvalue weighted by Gasteiger charge is 2.58. The van der Waals surface area contributed by atoms with Crippen LogP contribution in [0.3, 0.4) is 0 Å². The van der Waals surface area contributed by atoms with E-state index in [4.69, 9.17) is 15.6 Å². The molecule has 0 radical (unpaired) electrons. The largest absolute Gasteiger partial charge is 0.447 e. The minimum Gasteiger partial charge on any atom is -0.447 e. The van der Waals surface area contributed by atoms with E-state index < -0.39 is 32.0 Å². The number of carbonyl (C=O) groups excluding carboxylic acids is 2. The smallest absolute Gasteiger partial charge is 0.340 e. The zero-order chi connectivity index (χ0) is 22.0. The Kier molecular flexibility index (Phi) is 7.07. The summed E-state index contributed by atoms with van der Waals surface area (Å²) >= 11 is 0. The molecule has 0 aromatic carbocycles. The standard InChI is InChI=1S/C23H37NO4Si/c1-9-17(3)27-21(26)23(16(2)15-19(25)24-23)20(18-13-11-10-12-14-18)28-29(7,8)22(4,5)6/h1,15,17-18,20H,10-14H2,2-8H3,(H,24,25)/t17-,20-,23-/m0/s1. The molecular weight excluding hydrogens is 382 g/mol. The number of rotatable bonds is 6. The predicted molar refractivity (Wildman–Crippen MR) is 118 cm³/mol. The first-order valence-electron chi connectivity index (χ1n) is 10.7. The van der Waals surface area contributed by atoms with Gasteiger partial charge in [0.05, 0.1) is 6.10 Å². The lowest BCUT2D eigenvalue weighted by atomic mass is 9.74. The van der Waals surface area contributed by atoms with Gasteiger partial charge in [-0.15, -0.1) is 6.42 Å². The molecular formula is C23H37NO4Si. The third-order valence-corrected chi connectivity index (χ3v) is 11.3. The third-order valence-electron chi connectivity index (χ3n) is 6.86. The summed E-state index contributed by atoms with van der Waals surface area (Å²) in [5.41, 5.74) is -0.675. The first-order chi connectivity index (χ1) is 13.3. The normalized spacial score (nSPS) is 25.6. The fourth-order valence-electron chi connectivity index (χ4n) is 4.02. The molecule has 3 atom stereocenters. The van der Waals surface area contributed by atoms with Crippen molar-refractivity contribution >= 4 is 20.2 Å². The van der Waals surface area contributed by atoms with E-state index >= 15 is 0 Å². The average Bonchev–Trinajstić information content (AvgIpc) is 2.94. The molecule has 1 aliphatic heterocycles. The van der Waals surface area contributed by atoms with Gasteiger partial charge in [0.1, 0.15) is 0 Å². The van der Waals surface area contributed by atoms with Crippen molar-refractivity contribution in [1.82, 2.24) is 5.32 Å². The molecule has 5 nitrogen and oxygen atoms in total. The number of ether oxygens (including phenoxy) is 1. The molecule has 6 heteroatoms. The fourth-order valence-corrected chi connectivity index (χ4v) is 5.38. The number of esters is 1. The van der Waals surface area contributed by atoms with E-state index in [0.717, 1.165) is 25.7 Å². The lowest BCUT2D eigenvalue weighted by molar-refractivity contribution is -0.159. The van der Waals surface area contributed by atoms with Crippen molar-refractivity contribution in [1.29, 1.82) is 0 Å². The minimum atomic E-state index is -2.24. The Morgan fingerprint density at radius 1 is 1.31 bits per heavy atom. The van der Waals surface area contributed by atoms with Crippen molar-refractivity contribution in [3.8, 4) is 12.3 Å². The van der Waals surface area contributed by atoms with E-state index in [9.17, 15) is 9.59 Å². The lowest BCUT2D eigenvalue weighted by Crippen LogP contribution is -2.66. The van der Waals surface area contributed by atoms with Crippen LogP contribution in [0.2, 0.25) is 18.1 Å². The Labute approximate surface area is 177 Å². The molecule has 0 spiro atoms. The van der Waals surface area contributed by atoms with Crippen LogP contribution in [-0.4, -0.2) is 37.9 Å². The molecule has 0 unspecified atom stereocenters. The predicted octanol–water partition coefficient (Wildman–Crippen LogP) is 4.34. The zero-order valence-corrected chi connectivity index (χ0v) is 20.1. The summed E-state index contributed by atoms with van der Waals surface area (Å²) in [4.78, 5) is 25.9. The molecule has 0 bridgehead atoms. The molecule has 0 saturated heterocycles. The van der Waals surface area contributed by atoms with Crippen LogP contribution in [0.5, 0.6) is 0 Å². The number of terminal acetylenes is 1. The van der Waals surface area contributed by atoms with Crippen molar-refractivity contribution in [2.75, 3.05) is 0 Å². The van der Waals surface area contributed by atoms with Gasteiger partial charge in [0, 0.05) is 6.08 Å². The van der Waals surface area contributed by atoms with Gasteiger partial charge in [-0.05, 0) is 56.3 Å². The van der Waals surface area contributed by atoms with Gasteiger partial charge >= 0.3 is 5.97 Å². The summed E-state index contributed by atoms with van der Waals surface area (Å²) in [7, 11) is -2.24. The molecule has 1 fully saturated rings. The van der Waals surface area contributed by atoms with Gasteiger partial charge in [-0.25, -0.2) is 4.79 Å². The highest BCUT2D eigenvalue weighted by molar-refractivity contribution is 6.74. The second kappa shape index (κ2) is 8.65. The first kappa shape index (κ1) is 23.7. The van der Waals surface area contributed by atoms with Crippen molar-refractivity contribution in [2.24, 2.45) is 5.92 Å². The van der Waals surface area contributed by atoms with Crippen LogP contribution in [0.25, 0.3) is 0 Å². The number of nitrogens with one attached hydrogen (secondary N) is 1. The van der Waals surface area contributed by atoms with E-state index in [1.807, 2.05) is 6.92 Å². The van der Waals surface area contributed by atoms with Crippen LogP contribution < -0.4 is 5.32 Å². The van der Waals surface area contributed by atoms with Gasteiger partial charge in [0.15, 0.2) is 20.0 Å². The molecule has 1 aliphatic carbocycles. The summed E-state index contributed by atoms with van der Waals surface area (Å²) < 4.78 is 12.5. The Bertz CT molecular complexity index is 709. The SMILES string of the molecule is C#C[C@H](C)OC(=O)[C@]1([C@@H](O[Si](C)(C)C(C)(C)C)C2CCCCC2)NC(=O)C=C1C. The maximum Gasteiger partial charge on any atom is 0.340 e. The van der Waals surface area contributed by atoms with E-state index in [0.29, 0.717) is 5.57 Å². The van der Waals surface area contributed by atoms with Gasteiger partial charge in [-0.3, -0.25) is 4.79 Å². The molecule has 1 amide bonds. The third kappa shape index (κ3) is 4.78. The maximum absolute atomic E-state index is 13.5. The van der Waals surface area contributed by atoms with Gasteiger partial charge < -0.3 is 14.5 Å². The van der Waals surface area contributed by atoms with Crippen LogP contribution in [0, 0.1) is 18.3 Å². The number of amides is 1. The molecule has 162 valence electrons. The summed E-state index contributed by atoms with van der Waals surface area (Å²) in [6, 6.07) is 0. The average molecular weight is 420 g/mol. The number of carbonyl (C=O) groups is 2. The van der Waals surface area contributed by atoms with E-state index in [2.05, 4.69) is 45.1 Å². The minimum absolute atomic E-state index is 0.0304. The molecule has 1 heterocycles. The van der Waals surface area contributed by atoms with Crippen molar-refractivity contribution in [2.45, 2.75) is 103 Å². The Morgan fingerprint density at radius 3 is 2.34 bits per heavy atom. The fraction of sp³-hybridized carbons (Fsp3) is 0.739. The van der Waals surface area contributed by atoms with Gasteiger partial charge in [-0.1, -0.05) is 46.0 Å². The van der Waals surface area contributed by atoms with Crippen molar-refractivity contribution in [3.63, 3.8) is 0 Å². The number of hydrogen-bond acceptors (Lipinski definition) is 4. The molecule has 2 rings (SSSR count). The Morgan fingerprint density at radius 2 is 1.90 bits per heavy atom. The van der Waals surface area contributed by atoms with Crippen LogP contribution in [0.15, 0.2) is 11.6 Å². The van der Waals surface area contributed by atoms with Gasteiger partial charge in [0.2, 0.25) is 5.91 Å². The number of hydrogen-bond donors (Lipinski definition) is 1. The summed E-state index contributed by atoms with van der Waals surface area (Å²) in [5.74, 6) is 1.82. The molecule has 0 aromatic heterocycles. The topological polar surface area (TPSA) is 64.6 Å². The zero-order valence-electron chi connectivity index (χ0n) is 19.1. The molecule has 29 heavy (non-hydrogen) atoms. The highest BCUT2D eigenvalue weighted by Crippen LogP contribution is 2.45. The molecule has 2 aliphatic rings. The second-order valence-corrected chi connectivity index (χ2v) is 14.8. The summed E-state index contributed by atoms with van der Waals surface area (Å²) in [6.07, 6.45) is 11.1. The first-order valence-corrected chi connectivity index (χ1v) is 13.6. The van der Waals surface area contributed by atoms with E-state index in [-0.39, 0.29) is 16.9 Å². The van der Waals surface area contributed by atoms with Crippen LogP contribution in [0.4, 0.5) is 0 Å². The van der Waals surface area contributed by atoms with E-state index in [1.54, 1.807) is 6.92 Å². The Hall–Kier alpha value is -1.58. The quantitative estimate of drug-likeness (QED) is 0.395. The molecule has 0 aromatic rings. The van der Waals surface area contributed by atoms with Gasteiger partial charge in [0.25, 0.3) is 0 Å². The van der Waals surface area contributed by atoms with Crippen molar-refractivity contribution < 1.29 is 18.8 Å². The Balaban J connectivity index is 2.55. The second-order valence-electron chi connectivity index (χ2n) is 10.0. The van der Waals surface area contributed by atoms with Crippen LogP contribution >= 0.6 is 0 Å². The molecule has 1 N–H and O–H groups in total. The van der Waals surface area contributed by atoms with Gasteiger partial charge in [-0.2, -0.15) is 0 Å².